The second-order valence-electron chi connectivity index (χ2n) is 7.17. The summed E-state index contributed by atoms with van der Waals surface area (Å²) in [5.74, 6) is 0.962. The number of fused-ring (bicyclic) bond motifs is 2. The molecule has 4 nitrogen and oxygen atoms in total. The molecule has 2 aromatic carbocycles. The standard InChI is InChI=1S/C21H21FN4S2/c22-15-5-8-18-19(12-15)28-20(25-18)23-10-9-14-3-6-16(7-4-14)24-21-26-11-1-2-17(26)13-27-21/h3-8,12,17H,1-2,9-11,13H2,(H,23,25)/b24-21-/t17-/m0/s1. The van der Waals surface area contributed by atoms with Crippen molar-refractivity contribution < 1.29 is 4.39 Å². The number of nitrogens with one attached hydrogen (secondary N) is 1. The van der Waals surface area contributed by atoms with Gasteiger partial charge in [-0.1, -0.05) is 35.2 Å². The van der Waals surface area contributed by atoms with Gasteiger partial charge in [0, 0.05) is 24.9 Å². The molecule has 2 aliphatic heterocycles. The summed E-state index contributed by atoms with van der Waals surface area (Å²) in [7, 11) is 0. The van der Waals surface area contributed by atoms with Gasteiger partial charge < -0.3 is 10.2 Å². The molecule has 144 valence electrons. The molecule has 2 aliphatic rings. The zero-order valence-electron chi connectivity index (χ0n) is 15.4. The van der Waals surface area contributed by atoms with Crippen molar-refractivity contribution >= 4 is 49.3 Å². The average Bonchev–Trinajstić information content (AvgIpc) is 3.40. The van der Waals surface area contributed by atoms with Crippen LogP contribution in [0.1, 0.15) is 18.4 Å². The Bertz CT molecular complexity index is 1010. The summed E-state index contributed by atoms with van der Waals surface area (Å²) in [6.45, 7) is 1.94. The third-order valence-electron chi connectivity index (χ3n) is 5.23. The Morgan fingerprint density at radius 1 is 1.21 bits per heavy atom. The van der Waals surface area contributed by atoms with Crippen molar-refractivity contribution in [3.63, 3.8) is 0 Å². The molecular formula is C21H21FN4S2. The molecule has 0 unspecified atom stereocenters. The third kappa shape index (κ3) is 3.73. The minimum Gasteiger partial charge on any atom is -0.361 e. The maximum absolute atomic E-state index is 13.3. The van der Waals surface area contributed by atoms with Gasteiger partial charge in [0.1, 0.15) is 5.82 Å². The second-order valence-corrected chi connectivity index (χ2v) is 9.19. The molecule has 0 spiro atoms. The number of aliphatic imine (C=N–C) groups is 1. The van der Waals surface area contributed by atoms with Gasteiger partial charge in [-0.3, -0.25) is 0 Å². The number of halogens is 1. The molecule has 0 saturated carbocycles. The maximum atomic E-state index is 13.3. The fourth-order valence-corrected chi connectivity index (χ4v) is 5.93. The van der Waals surface area contributed by atoms with E-state index in [2.05, 4.69) is 39.5 Å². The third-order valence-corrected chi connectivity index (χ3v) is 7.34. The first-order valence-corrected chi connectivity index (χ1v) is 11.4. The number of anilines is 1. The molecule has 28 heavy (non-hydrogen) atoms. The Labute approximate surface area is 171 Å². The number of amidine groups is 1. The molecule has 5 rings (SSSR count). The van der Waals surface area contributed by atoms with Gasteiger partial charge in [0.25, 0.3) is 0 Å². The highest BCUT2D eigenvalue weighted by Crippen LogP contribution is 2.33. The summed E-state index contributed by atoms with van der Waals surface area (Å²) in [4.78, 5) is 11.8. The first-order valence-electron chi connectivity index (χ1n) is 9.62. The summed E-state index contributed by atoms with van der Waals surface area (Å²) in [6, 6.07) is 13.9. The molecule has 0 aliphatic carbocycles. The van der Waals surface area contributed by atoms with E-state index in [4.69, 9.17) is 4.99 Å². The van der Waals surface area contributed by atoms with Crippen molar-refractivity contribution in [3.05, 3.63) is 53.8 Å². The molecule has 3 heterocycles. The van der Waals surface area contributed by atoms with E-state index in [1.165, 1.54) is 52.8 Å². The monoisotopic (exact) mass is 412 g/mol. The fourth-order valence-electron chi connectivity index (χ4n) is 3.75. The second kappa shape index (κ2) is 7.72. The number of hydrogen-bond donors (Lipinski definition) is 1. The number of hydrogen-bond acceptors (Lipinski definition) is 5. The van der Waals surface area contributed by atoms with Crippen LogP contribution in [-0.2, 0) is 6.42 Å². The highest BCUT2D eigenvalue weighted by atomic mass is 32.2. The first-order chi connectivity index (χ1) is 13.7. The normalized spacial score (nSPS) is 20.2. The Hall–Kier alpha value is -2.12. The van der Waals surface area contributed by atoms with E-state index in [1.807, 2.05) is 11.8 Å². The Balaban J connectivity index is 1.18. The van der Waals surface area contributed by atoms with Crippen LogP contribution >= 0.6 is 23.1 Å². The fraction of sp³-hybridized carbons (Fsp3) is 0.333. The largest absolute Gasteiger partial charge is 0.361 e. The molecule has 3 aromatic rings. The van der Waals surface area contributed by atoms with E-state index in [9.17, 15) is 4.39 Å². The van der Waals surface area contributed by atoms with Crippen molar-refractivity contribution in [1.29, 1.82) is 0 Å². The van der Waals surface area contributed by atoms with Gasteiger partial charge in [-0.15, -0.1) is 0 Å². The van der Waals surface area contributed by atoms with Gasteiger partial charge in [-0.25, -0.2) is 14.4 Å². The number of aromatic nitrogens is 1. The van der Waals surface area contributed by atoms with Gasteiger partial charge in [-0.2, -0.15) is 0 Å². The Morgan fingerprint density at radius 2 is 2.11 bits per heavy atom. The smallest absolute Gasteiger partial charge is 0.183 e. The van der Waals surface area contributed by atoms with Gasteiger partial charge >= 0.3 is 0 Å². The highest BCUT2D eigenvalue weighted by molar-refractivity contribution is 8.14. The van der Waals surface area contributed by atoms with Crippen LogP contribution in [-0.4, -0.2) is 39.9 Å². The molecule has 2 fully saturated rings. The van der Waals surface area contributed by atoms with Crippen LogP contribution in [0.2, 0.25) is 0 Å². The van der Waals surface area contributed by atoms with Crippen LogP contribution in [0.4, 0.5) is 15.2 Å². The summed E-state index contributed by atoms with van der Waals surface area (Å²) in [5.41, 5.74) is 3.13. The zero-order chi connectivity index (χ0) is 18.9. The van der Waals surface area contributed by atoms with Crippen LogP contribution < -0.4 is 5.32 Å². The lowest BCUT2D eigenvalue weighted by molar-refractivity contribution is 0.440. The zero-order valence-corrected chi connectivity index (χ0v) is 17.0. The van der Waals surface area contributed by atoms with E-state index < -0.39 is 0 Å². The molecule has 7 heteroatoms. The van der Waals surface area contributed by atoms with E-state index in [-0.39, 0.29) is 5.82 Å². The van der Waals surface area contributed by atoms with Crippen LogP contribution in [0.15, 0.2) is 47.5 Å². The lowest BCUT2D eigenvalue weighted by Gasteiger charge is -2.16. The van der Waals surface area contributed by atoms with Crippen molar-refractivity contribution in [2.24, 2.45) is 4.99 Å². The van der Waals surface area contributed by atoms with Crippen molar-refractivity contribution in [1.82, 2.24) is 9.88 Å². The van der Waals surface area contributed by atoms with Crippen LogP contribution in [0.5, 0.6) is 0 Å². The van der Waals surface area contributed by atoms with Gasteiger partial charge in [-0.05, 0) is 55.2 Å². The quantitative estimate of drug-likeness (QED) is 0.618. The maximum Gasteiger partial charge on any atom is 0.183 e. The minimum absolute atomic E-state index is 0.220. The molecule has 1 aromatic heterocycles. The van der Waals surface area contributed by atoms with E-state index in [0.717, 1.165) is 40.5 Å². The summed E-state index contributed by atoms with van der Waals surface area (Å²) in [5, 5.41) is 5.37. The topological polar surface area (TPSA) is 40.5 Å². The van der Waals surface area contributed by atoms with Gasteiger partial charge in [0.05, 0.1) is 15.9 Å². The Kier molecular flexibility index (Phi) is 4.94. The minimum atomic E-state index is -0.220. The van der Waals surface area contributed by atoms with Crippen molar-refractivity contribution in [2.45, 2.75) is 25.3 Å². The van der Waals surface area contributed by atoms with Crippen molar-refractivity contribution in [2.75, 3.05) is 24.2 Å². The van der Waals surface area contributed by atoms with E-state index in [0.29, 0.717) is 6.04 Å². The lowest BCUT2D eigenvalue weighted by Crippen LogP contribution is -2.27. The molecule has 1 N–H and O–H groups in total. The summed E-state index contributed by atoms with van der Waals surface area (Å²) >= 11 is 3.37. The number of thiazole rings is 1. The predicted molar refractivity (Wildman–Crippen MR) is 117 cm³/mol. The average molecular weight is 413 g/mol. The van der Waals surface area contributed by atoms with Crippen molar-refractivity contribution in [3.8, 4) is 0 Å². The number of benzene rings is 2. The van der Waals surface area contributed by atoms with Gasteiger partial charge in [0.15, 0.2) is 10.3 Å². The summed E-state index contributed by atoms with van der Waals surface area (Å²) in [6.07, 6.45) is 3.51. The molecule has 2 saturated heterocycles. The van der Waals surface area contributed by atoms with Crippen LogP contribution in [0.25, 0.3) is 10.2 Å². The van der Waals surface area contributed by atoms with E-state index in [1.54, 1.807) is 6.07 Å². The predicted octanol–water partition coefficient (Wildman–Crippen LogP) is 5.29. The summed E-state index contributed by atoms with van der Waals surface area (Å²) < 4.78 is 14.2. The molecule has 1 atom stereocenters. The number of thioether (sulfide) groups is 1. The van der Waals surface area contributed by atoms with Gasteiger partial charge in [0.2, 0.25) is 0 Å². The Morgan fingerprint density at radius 3 is 3.00 bits per heavy atom. The molecule has 0 amide bonds. The number of nitrogens with zero attached hydrogens (tertiary/aromatic N) is 3. The molecule has 0 radical (unpaired) electrons. The molecular weight excluding hydrogens is 391 g/mol. The molecule has 0 bridgehead atoms. The lowest BCUT2D eigenvalue weighted by atomic mass is 10.1. The SMILES string of the molecule is Fc1ccc2nc(NCCc3ccc(/N=C4\SC[C@@H]5CCCN45)cc3)sc2c1. The van der Waals surface area contributed by atoms with Crippen LogP contribution in [0, 0.1) is 5.82 Å². The number of rotatable bonds is 5. The van der Waals surface area contributed by atoms with Crippen LogP contribution in [0.3, 0.4) is 0 Å². The van der Waals surface area contributed by atoms with E-state index >= 15 is 0 Å². The first kappa shape index (κ1) is 17.9. The highest BCUT2D eigenvalue weighted by Gasteiger charge is 2.33.